The van der Waals surface area contributed by atoms with Gasteiger partial charge in [0.15, 0.2) is 0 Å². The van der Waals surface area contributed by atoms with Gasteiger partial charge < -0.3 is 0 Å². The molecule has 126 valence electrons. The van der Waals surface area contributed by atoms with Crippen molar-refractivity contribution in [2.75, 3.05) is 0 Å². The second-order valence-electron chi connectivity index (χ2n) is 7.35. The fourth-order valence-electron chi connectivity index (χ4n) is 4.02. The molecule has 0 N–H and O–H groups in total. The van der Waals surface area contributed by atoms with Crippen LogP contribution in [0.1, 0.15) is 28.1 Å². The van der Waals surface area contributed by atoms with Crippen LogP contribution in [-0.4, -0.2) is 6.88 Å². The molecule has 1 unspecified atom stereocenters. The van der Waals surface area contributed by atoms with Gasteiger partial charge in [0.1, 0.15) is 0 Å². The number of benzene rings is 1. The molecule has 0 fully saturated rings. The van der Waals surface area contributed by atoms with Crippen LogP contribution in [0.4, 0.5) is 4.39 Å². The second-order valence-corrected chi connectivity index (χ2v) is 37.9. The summed E-state index contributed by atoms with van der Waals surface area (Å²) in [5, 5.41) is 0. The van der Waals surface area contributed by atoms with Gasteiger partial charge >= 0.3 is 138 Å². The zero-order valence-electron chi connectivity index (χ0n) is 13.5. The molecule has 23 heavy (non-hydrogen) atoms. The zero-order chi connectivity index (χ0) is 15.4. The van der Waals surface area contributed by atoms with Crippen LogP contribution in [-0.2, 0) is 17.4 Å². The molecule has 1 atom stereocenters. The minimum atomic E-state index is -3.14. The van der Waals surface area contributed by atoms with Crippen molar-refractivity contribution < 1.29 is 21.8 Å². The van der Waals surface area contributed by atoms with E-state index < -0.39 is 17.4 Å². The number of hydrogen-bond acceptors (Lipinski definition) is 0. The summed E-state index contributed by atoms with van der Waals surface area (Å²) in [7, 11) is 0. The van der Waals surface area contributed by atoms with E-state index >= 15 is 0 Å². The van der Waals surface area contributed by atoms with Gasteiger partial charge in [0, 0.05) is 0 Å². The molecular formula is C17H22BrCl2FSiZr. The van der Waals surface area contributed by atoms with Gasteiger partial charge in [-0.1, -0.05) is 0 Å². The molecule has 0 aliphatic heterocycles. The molecule has 0 bridgehead atoms. The molecule has 0 saturated heterocycles. The fourth-order valence-corrected chi connectivity index (χ4v) is 20.6. The normalized spacial score (nSPS) is 19.5. The van der Waals surface area contributed by atoms with Crippen molar-refractivity contribution in [3.63, 3.8) is 0 Å². The largest absolute Gasteiger partial charge is 0.147 e. The smallest absolute Gasteiger partial charge is 0.147 e. The van der Waals surface area contributed by atoms with E-state index in [1.165, 1.54) is 16.7 Å². The zero-order valence-corrected chi connectivity index (χ0v) is 20.6. The van der Waals surface area contributed by atoms with E-state index in [0.717, 1.165) is 10.9 Å². The first-order valence-corrected chi connectivity index (χ1v) is 21.6. The first-order chi connectivity index (χ1) is 9.69. The Morgan fingerprint density at radius 1 is 1.26 bits per heavy atom. The molecule has 0 spiro atoms. The Bertz CT molecular complexity index is 805. The van der Waals surface area contributed by atoms with Gasteiger partial charge in [-0.15, -0.1) is 24.8 Å². The van der Waals surface area contributed by atoms with Crippen LogP contribution in [0, 0.1) is 5.82 Å². The molecule has 3 rings (SSSR count). The number of allylic oxidation sites excluding steroid dienone is 5. The monoisotopic (exact) mass is 512 g/mol. The number of hydrogen-bond donors (Lipinski definition) is 0. The van der Waals surface area contributed by atoms with Crippen LogP contribution in [0.25, 0.3) is 6.08 Å². The van der Waals surface area contributed by atoms with Crippen molar-refractivity contribution in [1.82, 2.24) is 0 Å². The summed E-state index contributed by atoms with van der Waals surface area (Å²) in [5.74, 6) is -0.138. The molecule has 0 aromatic heterocycles. The fraction of sp³-hybridized carbons (Fsp3) is 0.294. The van der Waals surface area contributed by atoms with E-state index in [4.69, 9.17) is 0 Å². The first kappa shape index (κ1) is 21.6. The summed E-state index contributed by atoms with van der Waals surface area (Å²) >= 11 is 0.397. The van der Waals surface area contributed by atoms with Gasteiger partial charge in [-0.2, -0.15) is 0 Å². The predicted molar refractivity (Wildman–Crippen MR) is 107 cm³/mol. The van der Waals surface area contributed by atoms with Gasteiger partial charge in [0.05, 0.1) is 0 Å². The van der Waals surface area contributed by atoms with Crippen molar-refractivity contribution in [2.24, 2.45) is 0 Å². The maximum Gasteiger partial charge on any atom is -0.147 e. The molecular weight excluding hydrogens is 493 g/mol. The van der Waals surface area contributed by atoms with Crippen LogP contribution in [0.2, 0.25) is 9.26 Å². The Morgan fingerprint density at radius 3 is 2.48 bits per heavy atom. The van der Waals surface area contributed by atoms with Gasteiger partial charge in [0.25, 0.3) is 0 Å². The van der Waals surface area contributed by atoms with Gasteiger partial charge in [-0.25, -0.2) is 0 Å². The maximum atomic E-state index is 14.0. The third-order valence-corrected chi connectivity index (χ3v) is 23.3. The van der Waals surface area contributed by atoms with Crippen molar-refractivity contribution in [1.29, 1.82) is 0 Å². The quantitative estimate of drug-likeness (QED) is 0.420. The standard InChI is InChI=1S/C10H7BrF.C5H5.2CH3.2ClH.H2Si.Zr/c1-6-2-7-4-8(12)5-10(11)9(7)3-6;1-2-4-5-3-1;;;;;;/h2-5H,1H3;1-3H,4H2;2*1H3;2*1H;1H2;. The third-order valence-electron chi connectivity index (χ3n) is 5.02. The van der Waals surface area contributed by atoms with Gasteiger partial charge in [-0.05, 0) is 0 Å². The summed E-state index contributed by atoms with van der Waals surface area (Å²) < 4.78 is 21.9. The van der Waals surface area contributed by atoms with Crippen molar-refractivity contribution in [2.45, 2.75) is 26.2 Å². The molecule has 0 radical (unpaired) electrons. The van der Waals surface area contributed by atoms with Crippen molar-refractivity contribution in [3.8, 4) is 0 Å². The Balaban J connectivity index is 0.00000132. The Kier molecular flexibility index (Phi) is 6.60. The number of halogens is 4. The summed E-state index contributed by atoms with van der Waals surface area (Å²) in [6, 6.07) is 3.34. The molecule has 1 aromatic carbocycles. The van der Waals surface area contributed by atoms with E-state index in [1.807, 2.05) is 0 Å². The van der Waals surface area contributed by atoms with Gasteiger partial charge in [0.2, 0.25) is 0 Å². The van der Waals surface area contributed by atoms with Crippen molar-refractivity contribution >= 4 is 53.7 Å². The summed E-state index contributed by atoms with van der Waals surface area (Å²) in [4.78, 5) is 0. The Labute approximate surface area is 161 Å². The molecule has 2 aliphatic carbocycles. The van der Waals surface area contributed by atoms with Crippen LogP contribution in [0.5, 0.6) is 0 Å². The average molecular weight is 515 g/mol. The Hall–Kier alpha value is 0.530. The molecule has 0 nitrogen and oxygen atoms in total. The van der Waals surface area contributed by atoms with Gasteiger partial charge in [-0.3, -0.25) is 0 Å². The van der Waals surface area contributed by atoms with Crippen LogP contribution >= 0.6 is 40.7 Å². The van der Waals surface area contributed by atoms with Crippen molar-refractivity contribution in [3.05, 3.63) is 60.6 Å². The van der Waals surface area contributed by atoms with E-state index in [2.05, 4.69) is 63.3 Å². The number of rotatable bonds is 2. The maximum absolute atomic E-state index is 14.0. The molecule has 2 aliphatic rings. The minimum absolute atomic E-state index is 0. The van der Waals surface area contributed by atoms with Crippen LogP contribution < -0.4 is 0 Å². The van der Waals surface area contributed by atoms with E-state index in [1.54, 1.807) is 15.4 Å². The second kappa shape index (κ2) is 7.03. The number of fused-ring (bicyclic) bond motifs is 1. The molecule has 0 saturated carbocycles. The molecule has 0 heterocycles. The topological polar surface area (TPSA) is 0 Å². The van der Waals surface area contributed by atoms with E-state index in [0.29, 0.717) is 3.63 Å². The summed E-state index contributed by atoms with van der Waals surface area (Å²) in [6.45, 7) is 4.45. The minimum Gasteiger partial charge on any atom is -0.147 e. The summed E-state index contributed by atoms with van der Waals surface area (Å²) in [5.41, 5.74) is 3.77. The SMILES string of the molecule is CC1=Cc2c(Br)cc(F)cc2[CH]1[Zr]([CH3])([CH3])(=[SiH2])[C]1=CC=CC1.Cl.Cl. The molecule has 0 amide bonds. The van der Waals surface area contributed by atoms with E-state index in [9.17, 15) is 4.39 Å². The summed E-state index contributed by atoms with van der Waals surface area (Å²) in [6.07, 6.45) is 10.1. The third kappa shape index (κ3) is 3.58. The van der Waals surface area contributed by atoms with Crippen LogP contribution in [0.15, 0.2) is 43.7 Å². The molecule has 6 heteroatoms. The van der Waals surface area contributed by atoms with Crippen LogP contribution in [0.3, 0.4) is 0 Å². The molecule has 1 aromatic rings. The van der Waals surface area contributed by atoms with E-state index in [-0.39, 0.29) is 30.6 Å². The first-order valence-electron chi connectivity index (χ1n) is 7.30. The average Bonchev–Trinajstić information content (AvgIpc) is 2.95. The Morgan fingerprint density at radius 2 is 1.91 bits per heavy atom. The predicted octanol–water partition coefficient (Wildman–Crippen LogP) is 6.07.